The van der Waals surface area contributed by atoms with Crippen molar-refractivity contribution in [2.24, 2.45) is 0 Å². The minimum absolute atomic E-state index is 1.00. The summed E-state index contributed by atoms with van der Waals surface area (Å²) >= 11 is 5.28. The molecule has 1 aromatic carbocycles. The number of benzene rings is 1. The van der Waals surface area contributed by atoms with Gasteiger partial charge in [-0.15, -0.1) is 0 Å². The van der Waals surface area contributed by atoms with E-state index in [0.717, 1.165) is 5.56 Å². The van der Waals surface area contributed by atoms with Crippen LogP contribution < -0.4 is 0 Å². The fraction of sp³-hybridized carbons (Fsp3) is 0. The molecule has 0 saturated carbocycles. The predicted octanol–water partition coefficient (Wildman–Crippen LogP) is 2.79. The van der Waals surface area contributed by atoms with E-state index in [1.165, 1.54) is 5.54 Å². The number of hydrogen-bond donors (Lipinski definition) is 0. The second-order valence-electron chi connectivity index (χ2n) is 1.93. The van der Waals surface area contributed by atoms with E-state index < -0.39 is 0 Å². The lowest BCUT2D eigenvalue weighted by Gasteiger charge is -1.83. The second kappa shape index (κ2) is 4.60. The van der Waals surface area contributed by atoms with Crippen molar-refractivity contribution in [3.63, 3.8) is 0 Å². The molecule has 0 saturated heterocycles. The molecule has 0 unspecified atom stereocenters. The van der Waals surface area contributed by atoms with Crippen molar-refractivity contribution in [1.29, 1.82) is 0 Å². The lowest BCUT2D eigenvalue weighted by atomic mass is 10.2. The molecule has 0 bridgehead atoms. The molecule has 1 aromatic rings. The van der Waals surface area contributed by atoms with Gasteiger partial charge in [-0.05, 0) is 18.2 Å². The molecular formula is C10H7Cl. The molecule has 0 aliphatic rings. The maximum Gasteiger partial charge on any atom is 0.0248 e. The largest absolute Gasteiger partial charge is 0.0923 e. The maximum absolute atomic E-state index is 5.28. The van der Waals surface area contributed by atoms with E-state index in [0.29, 0.717) is 0 Å². The highest BCUT2D eigenvalue weighted by Gasteiger charge is 1.78. The summed E-state index contributed by atoms with van der Waals surface area (Å²) in [5.74, 6) is 5.71. The lowest BCUT2D eigenvalue weighted by Crippen LogP contribution is -1.68. The van der Waals surface area contributed by atoms with Gasteiger partial charge < -0.3 is 0 Å². The van der Waals surface area contributed by atoms with Gasteiger partial charge in [-0.25, -0.2) is 0 Å². The summed E-state index contributed by atoms with van der Waals surface area (Å²) in [4.78, 5) is 0. The molecule has 0 N–H and O–H groups in total. The zero-order chi connectivity index (χ0) is 7.94. The number of allylic oxidation sites excluding steroid dienone is 1. The Bertz CT molecular complexity index is 288. The van der Waals surface area contributed by atoms with Crippen molar-refractivity contribution in [2.75, 3.05) is 0 Å². The molecular weight excluding hydrogens is 156 g/mol. The first-order chi connectivity index (χ1) is 5.43. The van der Waals surface area contributed by atoms with Crippen LogP contribution in [0.5, 0.6) is 0 Å². The van der Waals surface area contributed by atoms with Crippen LogP contribution in [-0.4, -0.2) is 0 Å². The van der Waals surface area contributed by atoms with E-state index in [4.69, 9.17) is 11.6 Å². The average molecular weight is 163 g/mol. The van der Waals surface area contributed by atoms with Crippen molar-refractivity contribution in [1.82, 2.24) is 0 Å². The van der Waals surface area contributed by atoms with Gasteiger partial charge in [0, 0.05) is 11.1 Å². The van der Waals surface area contributed by atoms with Crippen LogP contribution in [-0.2, 0) is 0 Å². The second-order valence-corrected chi connectivity index (χ2v) is 2.18. The Labute approximate surface area is 71.5 Å². The third-order valence-electron chi connectivity index (χ3n) is 1.14. The minimum Gasteiger partial charge on any atom is -0.0923 e. The zero-order valence-corrected chi connectivity index (χ0v) is 6.68. The standard InChI is InChI=1S/C10H7Cl/c11-9-5-4-8-10-6-2-1-3-7-10/h1-3,5-7,9H/b9-5+. The highest BCUT2D eigenvalue weighted by atomic mass is 35.5. The Morgan fingerprint density at radius 3 is 2.55 bits per heavy atom. The molecule has 0 radical (unpaired) electrons. The Balaban J connectivity index is 2.74. The Hall–Kier alpha value is -1.19. The van der Waals surface area contributed by atoms with Gasteiger partial charge in [-0.2, -0.15) is 0 Å². The van der Waals surface area contributed by atoms with Gasteiger partial charge in [0.05, 0.1) is 0 Å². The molecule has 0 fully saturated rings. The van der Waals surface area contributed by atoms with E-state index in [2.05, 4.69) is 11.8 Å². The molecule has 11 heavy (non-hydrogen) atoms. The highest BCUT2D eigenvalue weighted by molar-refractivity contribution is 6.25. The summed E-state index contributed by atoms with van der Waals surface area (Å²) in [5.41, 5.74) is 2.40. The van der Waals surface area contributed by atoms with E-state index >= 15 is 0 Å². The first-order valence-electron chi connectivity index (χ1n) is 3.25. The van der Waals surface area contributed by atoms with Gasteiger partial charge in [0.2, 0.25) is 0 Å². The molecule has 0 nitrogen and oxygen atoms in total. The fourth-order valence-corrected chi connectivity index (χ4v) is 0.741. The van der Waals surface area contributed by atoms with Crippen LogP contribution in [0.15, 0.2) is 41.9 Å². The predicted molar refractivity (Wildman–Crippen MR) is 48.3 cm³/mol. The van der Waals surface area contributed by atoms with Crippen molar-refractivity contribution in [3.05, 3.63) is 47.5 Å². The van der Waals surface area contributed by atoms with Gasteiger partial charge >= 0.3 is 0 Å². The minimum atomic E-state index is 1.00. The molecule has 0 amide bonds. The third-order valence-corrected chi connectivity index (χ3v) is 1.26. The van der Waals surface area contributed by atoms with Crippen LogP contribution in [0.1, 0.15) is 5.56 Å². The van der Waals surface area contributed by atoms with Crippen LogP contribution >= 0.6 is 11.6 Å². The summed E-state index contributed by atoms with van der Waals surface area (Å²) in [6, 6.07) is 9.77. The Kier molecular flexibility index (Phi) is 3.31. The van der Waals surface area contributed by atoms with Crippen LogP contribution in [0.2, 0.25) is 0 Å². The summed E-state index contributed by atoms with van der Waals surface area (Å²) in [6.45, 7) is 0. The number of hydrogen-bond acceptors (Lipinski definition) is 0. The van der Waals surface area contributed by atoms with Crippen LogP contribution in [0, 0.1) is 11.8 Å². The average Bonchev–Trinajstić information content (AvgIpc) is 2.07. The van der Waals surface area contributed by atoms with E-state index in [1.54, 1.807) is 6.08 Å². The van der Waals surface area contributed by atoms with Crippen molar-refractivity contribution in [3.8, 4) is 11.8 Å². The van der Waals surface area contributed by atoms with Gasteiger partial charge in [-0.3, -0.25) is 0 Å². The molecule has 1 rings (SSSR count). The van der Waals surface area contributed by atoms with Gasteiger partial charge in [0.15, 0.2) is 0 Å². The summed E-state index contributed by atoms with van der Waals surface area (Å²) in [5, 5.41) is 0. The maximum atomic E-state index is 5.28. The van der Waals surface area contributed by atoms with Crippen molar-refractivity contribution < 1.29 is 0 Å². The monoisotopic (exact) mass is 162 g/mol. The lowest BCUT2D eigenvalue weighted by molar-refractivity contribution is 1.65. The molecule has 0 aromatic heterocycles. The zero-order valence-electron chi connectivity index (χ0n) is 5.92. The molecule has 1 heteroatoms. The number of rotatable bonds is 0. The fourth-order valence-electron chi connectivity index (χ4n) is 0.678. The van der Waals surface area contributed by atoms with E-state index in [1.807, 2.05) is 30.3 Å². The molecule has 54 valence electrons. The smallest absolute Gasteiger partial charge is 0.0248 e. The van der Waals surface area contributed by atoms with Crippen LogP contribution in [0.3, 0.4) is 0 Å². The van der Waals surface area contributed by atoms with Gasteiger partial charge in [0.1, 0.15) is 0 Å². The quantitative estimate of drug-likeness (QED) is 0.515. The SMILES string of the molecule is Cl/C=C/C#Cc1ccccc1. The molecule has 0 heterocycles. The summed E-state index contributed by atoms with van der Waals surface area (Å²) < 4.78 is 0. The third kappa shape index (κ3) is 2.93. The number of halogens is 1. The molecule has 0 aliphatic heterocycles. The normalized spacial score (nSPS) is 9.18. The van der Waals surface area contributed by atoms with E-state index in [9.17, 15) is 0 Å². The first kappa shape index (κ1) is 7.91. The molecule has 0 aliphatic carbocycles. The summed E-state index contributed by atoms with van der Waals surface area (Å²) in [6.07, 6.45) is 1.61. The van der Waals surface area contributed by atoms with Crippen molar-refractivity contribution >= 4 is 11.6 Å². The Morgan fingerprint density at radius 1 is 1.18 bits per heavy atom. The molecule has 0 atom stereocenters. The van der Waals surface area contributed by atoms with Gasteiger partial charge in [0.25, 0.3) is 0 Å². The van der Waals surface area contributed by atoms with E-state index in [-0.39, 0.29) is 0 Å². The van der Waals surface area contributed by atoms with Crippen LogP contribution in [0.4, 0.5) is 0 Å². The first-order valence-corrected chi connectivity index (χ1v) is 3.69. The topological polar surface area (TPSA) is 0 Å². The molecule has 0 spiro atoms. The Morgan fingerprint density at radius 2 is 1.91 bits per heavy atom. The highest BCUT2D eigenvalue weighted by Crippen LogP contribution is 1.94. The van der Waals surface area contributed by atoms with Crippen molar-refractivity contribution in [2.45, 2.75) is 0 Å². The summed E-state index contributed by atoms with van der Waals surface area (Å²) in [7, 11) is 0. The van der Waals surface area contributed by atoms with Crippen LogP contribution in [0.25, 0.3) is 0 Å². The van der Waals surface area contributed by atoms with Gasteiger partial charge in [-0.1, -0.05) is 41.6 Å².